The molecule has 20 heavy (non-hydrogen) atoms. The number of carbonyl (C=O) groups is 1. The second-order valence-corrected chi connectivity index (χ2v) is 7.35. The van der Waals surface area contributed by atoms with Crippen LogP contribution in [0.25, 0.3) is 0 Å². The number of hydrogen-bond acceptors (Lipinski definition) is 4. The van der Waals surface area contributed by atoms with E-state index in [-0.39, 0.29) is 11.5 Å². The molecule has 0 aliphatic carbocycles. The van der Waals surface area contributed by atoms with Gasteiger partial charge in [-0.2, -0.15) is 4.31 Å². The van der Waals surface area contributed by atoms with Crippen molar-refractivity contribution in [2.45, 2.75) is 37.8 Å². The fourth-order valence-electron chi connectivity index (χ4n) is 2.45. The number of esters is 1. The van der Waals surface area contributed by atoms with Crippen LogP contribution in [0.4, 0.5) is 0 Å². The lowest BCUT2D eigenvalue weighted by Crippen LogP contribution is -2.41. The fourth-order valence-corrected chi connectivity index (χ4v) is 4.86. The Hall–Kier alpha value is -0.920. The van der Waals surface area contributed by atoms with Crippen molar-refractivity contribution in [3.63, 3.8) is 0 Å². The molecule has 0 saturated heterocycles. The molecule has 1 aliphatic rings. The first kappa shape index (κ1) is 15.5. The molecular formula is C13H16BrNO4S. The van der Waals surface area contributed by atoms with Gasteiger partial charge in [-0.15, -0.1) is 0 Å². The van der Waals surface area contributed by atoms with Gasteiger partial charge in [0.05, 0.1) is 11.5 Å². The maximum absolute atomic E-state index is 12.6. The third-order valence-corrected chi connectivity index (χ3v) is 5.98. The topological polar surface area (TPSA) is 63.7 Å². The Morgan fingerprint density at radius 3 is 2.75 bits per heavy atom. The number of fused-ring (bicyclic) bond motifs is 1. The van der Waals surface area contributed by atoms with Crippen LogP contribution in [0.5, 0.6) is 0 Å². The minimum Gasteiger partial charge on any atom is -0.465 e. The van der Waals surface area contributed by atoms with Crippen molar-refractivity contribution in [1.29, 1.82) is 0 Å². The molecule has 1 aromatic rings. The minimum absolute atomic E-state index is 0.226. The van der Waals surface area contributed by atoms with Crippen LogP contribution in [-0.2, 0) is 19.6 Å². The van der Waals surface area contributed by atoms with Gasteiger partial charge < -0.3 is 4.74 Å². The van der Waals surface area contributed by atoms with E-state index >= 15 is 0 Å². The third-order valence-electron chi connectivity index (χ3n) is 3.37. The van der Waals surface area contributed by atoms with Gasteiger partial charge in [-0.1, -0.05) is 15.9 Å². The first-order valence-corrected chi connectivity index (χ1v) is 8.53. The Labute approximate surface area is 127 Å². The Morgan fingerprint density at radius 1 is 1.50 bits per heavy atom. The summed E-state index contributed by atoms with van der Waals surface area (Å²) in [5.74, 6) is -0.533. The van der Waals surface area contributed by atoms with E-state index in [1.54, 1.807) is 39.0 Å². The Balaban J connectivity index is 2.46. The number of hydrogen-bond donors (Lipinski definition) is 0. The van der Waals surface area contributed by atoms with Crippen LogP contribution < -0.4 is 0 Å². The zero-order chi connectivity index (χ0) is 15.1. The van der Waals surface area contributed by atoms with Gasteiger partial charge in [-0.3, -0.25) is 4.79 Å². The maximum Gasteiger partial charge on any atom is 0.324 e. The molecule has 0 aromatic heterocycles. The van der Waals surface area contributed by atoms with Gasteiger partial charge in [0.25, 0.3) is 0 Å². The summed E-state index contributed by atoms with van der Waals surface area (Å²) in [5.41, 5.74) is 0.690. The van der Waals surface area contributed by atoms with Crippen molar-refractivity contribution >= 4 is 31.9 Å². The van der Waals surface area contributed by atoms with Gasteiger partial charge in [0.15, 0.2) is 0 Å². The quantitative estimate of drug-likeness (QED) is 0.775. The lowest BCUT2D eigenvalue weighted by Gasteiger charge is -2.25. The molecule has 110 valence electrons. The van der Waals surface area contributed by atoms with Crippen LogP contribution in [0, 0.1) is 0 Å². The highest BCUT2D eigenvalue weighted by atomic mass is 79.9. The molecule has 0 radical (unpaired) electrons. The van der Waals surface area contributed by atoms with E-state index in [1.165, 1.54) is 4.31 Å². The molecule has 2 atom stereocenters. The van der Waals surface area contributed by atoms with Crippen molar-refractivity contribution in [1.82, 2.24) is 4.31 Å². The second-order valence-electron chi connectivity index (χ2n) is 4.62. The molecule has 1 heterocycles. The van der Waals surface area contributed by atoms with E-state index in [0.717, 1.165) is 4.47 Å². The Morgan fingerprint density at radius 2 is 2.15 bits per heavy atom. The normalized spacial score (nSPS) is 22.3. The first-order valence-electron chi connectivity index (χ1n) is 6.30. The lowest BCUT2D eigenvalue weighted by molar-refractivity contribution is -0.147. The molecular weight excluding hydrogens is 346 g/mol. The fraction of sp³-hybridized carbons (Fsp3) is 0.462. The van der Waals surface area contributed by atoms with Gasteiger partial charge in [-0.05, 0) is 44.5 Å². The van der Waals surface area contributed by atoms with Crippen LogP contribution in [0.1, 0.15) is 32.4 Å². The van der Waals surface area contributed by atoms with Crippen LogP contribution >= 0.6 is 15.9 Å². The van der Waals surface area contributed by atoms with Gasteiger partial charge in [0.1, 0.15) is 6.04 Å². The third kappa shape index (κ3) is 2.38. The lowest BCUT2D eigenvalue weighted by atomic mass is 10.1. The predicted octanol–water partition coefficient (Wildman–Crippen LogP) is 2.47. The smallest absolute Gasteiger partial charge is 0.324 e. The molecule has 2 rings (SSSR count). The number of ether oxygens (including phenoxy) is 1. The number of nitrogens with zero attached hydrogens (tertiary/aromatic N) is 1. The SMILES string of the molecule is CCOC(=O)C(C)N1C(C)c2cc(Br)ccc2S1(=O)=O. The summed E-state index contributed by atoms with van der Waals surface area (Å²) in [4.78, 5) is 12.1. The van der Waals surface area contributed by atoms with Crippen molar-refractivity contribution in [2.75, 3.05) is 6.61 Å². The first-order chi connectivity index (χ1) is 9.30. The summed E-state index contributed by atoms with van der Waals surface area (Å²) < 4.78 is 32.1. The number of benzene rings is 1. The molecule has 0 saturated carbocycles. The van der Waals surface area contributed by atoms with Crippen molar-refractivity contribution in [3.8, 4) is 0 Å². The number of carbonyl (C=O) groups excluding carboxylic acids is 1. The maximum atomic E-state index is 12.6. The summed E-state index contributed by atoms with van der Waals surface area (Å²) in [6, 6.07) is 3.77. The summed E-state index contributed by atoms with van der Waals surface area (Å²) >= 11 is 3.34. The summed E-state index contributed by atoms with van der Waals surface area (Å²) in [6.45, 7) is 5.24. The van der Waals surface area contributed by atoms with Gasteiger partial charge in [0, 0.05) is 10.5 Å². The van der Waals surface area contributed by atoms with E-state index in [0.29, 0.717) is 5.56 Å². The van der Waals surface area contributed by atoms with Gasteiger partial charge in [0.2, 0.25) is 10.0 Å². The van der Waals surface area contributed by atoms with Crippen molar-refractivity contribution in [3.05, 3.63) is 28.2 Å². The van der Waals surface area contributed by atoms with E-state index in [1.807, 2.05) is 0 Å². The minimum atomic E-state index is -3.66. The highest BCUT2D eigenvalue weighted by Crippen LogP contribution is 2.41. The van der Waals surface area contributed by atoms with Gasteiger partial charge in [-0.25, -0.2) is 8.42 Å². The molecule has 0 spiro atoms. The number of halogens is 1. The van der Waals surface area contributed by atoms with Crippen LogP contribution in [-0.4, -0.2) is 31.3 Å². The Kier molecular flexibility index (Phi) is 4.22. The van der Waals surface area contributed by atoms with Gasteiger partial charge >= 0.3 is 5.97 Å². The molecule has 0 amide bonds. The van der Waals surface area contributed by atoms with Crippen LogP contribution in [0.15, 0.2) is 27.6 Å². The molecule has 1 aromatic carbocycles. The van der Waals surface area contributed by atoms with E-state index < -0.39 is 28.1 Å². The zero-order valence-corrected chi connectivity index (χ0v) is 13.9. The van der Waals surface area contributed by atoms with Crippen molar-refractivity contribution in [2.24, 2.45) is 0 Å². The summed E-state index contributed by atoms with van der Waals surface area (Å²) in [6.07, 6.45) is 0. The second kappa shape index (κ2) is 5.46. The van der Waals surface area contributed by atoms with E-state index in [2.05, 4.69) is 15.9 Å². The molecule has 0 fully saturated rings. The monoisotopic (exact) mass is 361 g/mol. The van der Waals surface area contributed by atoms with E-state index in [9.17, 15) is 13.2 Å². The Bertz CT molecular complexity index is 644. The molecule has 0 bridgehead atoms. The summed E-state index contributed by atoms with van der Waals surface area (Å²) in [5, 5.41) is 0. The predicted molar refractivity (Wildman–Crippen MR) is 77.7 cm³/mol. The number of rotatable bonds is 3. The van der Waals surface area contributed by atoms with Crippen molar-refractivity contribution < 1.29 is 17.9 Å². The number of sulfonamides is 1. The molecule has 5 nitrogen and oxygen atoms in total. The molecule has 0 N–H and O–H groups in total. The molecule has 7 heteroatoms. The highest BCUT2D eigenvalue weighted by Gasteiger charge is 2.45. The summed E-state index contributed by atoms with van der Waals surface area (Å²) in [7, 11) is -3.66. The average Bonchev–Trinajstić information content (AvgIpc) is 2.56. The highest BCUT2D eigenvalue weighted by molar-refractivity contribution is 9.10. The zero-order valence-electron chi connectivity index (χ0n) is 11.5. The molecule has 2 unspecified atom stereocenters. The average molecular weight is 362 g/mol. The van der Waals surface area contributed by atoms with E-state index in [4.69, 9.17) is 4.74 Å². The molecule has 1 aliphatic heterocycles. The largest absolute Gasteiger partial charge is 0.465 e. The van der Waals surface area contributed by atoms with Crippen LogP contribution in [0.2, 0.25) is 0 Å². The van der Waals surface area contributed by atoms with Crippen LogP contribution in [0.3, 0.4) is 0 Å². The standard InChI is InChI=1S/C13H16BrNO4S/c1-4-19-13(16)9(3)15-8(2)11-7-10(14)5-6-12(11)20(15,17)18/h5-9H,4H2,1-3H3.